The Labute approximate surface area is 167 Å². The molecule has 0 bridgehead atoms. The maximum Gasteiger partial charge on any atom is 0.241 e. The molecular weight excluding hydrogens is 372 g/mol. The minimum absolute atomic E-state index is 0.0533. The third-order valence-electron chi connectivity index (χ3n) is 5.38. The summed E-state index contributed by atoms with van der Waals surface area (Å²) in [6, 6.07) is 13.8. The lowest BCUT2D eigenvalue weighted by Crippen LogP contribution is -2.37. The molecule has 28 heavy (non-hydrogen) atoms. The standard InChI is InChI=1S/C22H28N2O3S/c1-16-3-4-17(2)22(13-16)28(25,26)23-19-11-12-24(15-19)14-18-5-7-20(8-6-18)27-21-9-10-21/h3-8,13,19,21,23H,9-12,14-15H2,1-2H3. The fraction of sp³-hybridized carbons (Fsp3) is 0.455. The number of sulfonamides is 1. The molecule has 0 aromatic heterocycles. The third-order valence-corrected chi connectivity index (χ3v) is 7.05. The van der Waals surface area contributed by atoms with Gasteiger partial charge in [-0.1, -0.05) is 24.3 Å². The second-order valence-electron chi connectivity index (χ2n) is 8.07. The molecular formula is C22H28N2O3S. The van der Waals surface area contributed by atoms with Gasteiger partial charge in [0.1, 0.15) is 5.75 Å². The number of hydrogen-bond acceptors (Lipinski definition) is 4. The average molecular weight is 401 g/mol. The lowest BCUT2D eigenvalue weighted by Gasteiger charge is -2.18. The molecule has 5 nitrogen and oxygen atoms in total. The molecule has 0 radical (unpaired) electrons. The first-order valence-corrected chi connectivity index (χ1v) is 11.4. The van der Waals surface area contributed by atoms with E-state index in [0.717, 1.165) is 55.8 Å². The van der Waals surface area contributed by atoms with E-state index in [1.165, 1.54) is 5.56 Å². The van der Waals surface area contributed by atoms with Gasteiger partial charge < -0.3 is 4.74 Å². The van der Waals surface area contributed by atoms with Gasteiger partial charge in [0.05, 0.1) is 11.0 Å². The van der Waals surface area contributed by atoms with Crippen molar-refractivity contribution >= 4 is 10.0 Å². The number of nitrogens with zero attached hydrogens (tertiary/aromatic N) is 1. The molecule has 2 aromatic carbocycles. The molecule has 0 amide bonds. The molecule has 1 saturated heterocycles. The van der Waals surface area contributed by atoms with Crippen LogP contribution < -0.4 is 9.46 Å². The Hall–Kier alpha value is -1.89. The summed E-state index contributed by atoms with van der Waals surface area (Å²) in [6.45, 7) is 6.19. The van der Waals surface area contributed by atoms with Crippen molar-refractivity contribution in [2.75, 3.05) is 13.1 Å². The highest BCUT2D eigenvalue weighted by Gasteiger charge is 2.28. The van der Waals surface area contributed by atoms with Crippen molar-refractivity contribution in [1.82, 2.24) is 9.62 Å². The van der Waals surface area contributed by atoms with Crippen LogP contribution in [0.2, 0.25) is 0 Å². The number of ether oxygens (including phenoxy) is 1. The number of rotatable bonds is 7. The van der Waals surface area contributed by atoms with E-state index in [-0.39, 0.29) is 6.04 Å². The van der Waals surface area contributed by atoms with Gasteiger partial charge in [0, 0.05) is 25.7 Å². The van der Waals surface area contributed by atoms with Crippen molar-refractivity contribution < 1.29 is 13.2 Å². The number of nitrogens with one attached hydrogen (secondary N) is 1. The fourth-order valence-electron chi connectivity index (χ4n) is 3.66. The van der Waals surface area contributed by atoms with Crippen LogP contribution >= 0.6 is 0 Å². The van der Waals surface area contributed by atoms with Crippen LogP contribution in [0.25, 0.3) is 0 Å². The molecule has 6 heteroatoms. The minimum atomic E-state index is -3.50. The topological polar surface area (TPSA) is 58.6 Å². The first kappa shape index (κ1) is 19.4. The van der Waals surface area contributed by atoms with E-state index in [4.69, 9.17) is 4.74 Å². The summed E-state index contributed by atoms with van der Waals surface area (Å²) in [7, 11) is -3.50. The van der Waals surface area contributed by atoms with E-state index in [1.54, 1.807) is 6.07 Å². The second-order valence-corrected chi connectivity index (χ2v) is 9.75. The molecule has 1 aliphatic carbocycles. The van der Waals surface area contributed by atoms with Crippen molar-refractivity contribution in [3.8, 4) is 5.75 Å². The lowest BCUT2D eigenvalue weighted by atomic mass is 10.2. The molecule has 1 saturated carbocycles. The molecule has 2 aromatic rings. The van der Waals surface area contributed by atoms with E-state index in [2.05, 4.69) is 21.8 Å². The van der Waals surface area contributed by atoms with Gasteiger partial charge in [0.25, 0.3) is 0 Å². The molecule has 1 atom stereocenters. The van der Waals surface area contributed by atoms with Crippen LogP contribution in [0.15, 0.2) is 47.4 Å². The van der Waals surface area contributed by atoms with Crippen LogP contribution in [0.3, 0.4) is 0 Å². The van der Waals surface area contributed by atoms with Crippen molar-refractivity contribution in [1.29, 1.82) is 0 Å². The zero-order valence-electron chi connectivity index (χ0n) is 16.5. The quantitative estimate of drug-likeness (QED) is 0.774. The van der Waals surface area contributed by atoms with E-state index in [1.807, 2.05) is 38.1 Å². The molecule has 0 spiro atoms. The lowest BCUT2D eigenvalue weighted by molar-refractivity contribution is 0.302. The highest BCUT2D eigenvalue weighted by molar-refractivity contribution is 7.89. The second kappa shape index (κ2) is 7.85. The van der Waals surface area contributed by atoms with E-state index in [0.29, 0.717) is 11.0 Å². The largest absolute Gasteiger partial charge is 0.490 e. The maximum atomic E-state index is 12.8. The Bertz CT molecular complexity index is 937. The van der Waals surface area contributed by atoms with Crippen molar-refractivity contribution in [3.05, 3.63) is 59.2 Å². The summed E-state index contributed by atoms with van der Waals surface area (Å²) in [5.41, 5.74) is 2.95. The van der Waals surface area contributed by atoms with Gasteiger partial charge in [0.15, 0.2) is 0 Å². The summed E-state index contributed by atoms with van der Waals surface area (Å²) in [5, 5.41) is 0. The predicted molar refractivity (Wildman–Crippen MR) is 110 cm³/mol. The van der Waals surface area contributed by atoms with Crippen LogP contribution in [0.5, 0.6) is 5.75 Å². The predicted octanol–water partition coefficient (Wildman–Crippen LogP) is 3.40. The van der Waals surface area contributed by atoms with Gasteiger partial charge in [0.2, 0.25) is 10.0 Å². The first-order valence-electron chi connectivity index (χ1n) is 9.96. The van der Waals surface area contributed by atoms with E-state index >= 15 is 0 Å². The van der Waals surface area contributed by atoms with E-state index in [9.17, 15) is 8.42 Å². The summed E-state index contributed by atoms with van der Waals surface area (Å²) in [6.07, 6.45) is 3.56. The third kappa shape index (κ3) is 4.74. The molecule has 1 aliphatic heterocycles. The minimum Gasteiger partial charge on any atom is -0.490 e. The highest BCUT2D eigenvalue weighted by Crippen LogP contribution is 2.27. The summed E-state index contributed by atoms with van der Waals surface area (Å²) < 4.78 is 34.3. The Balaban J connectivity index is 1.34. The van der Waals surface area contributed by atoms with Crippen LogP contribution in [0.1, 0.15) is 36.0 Å². The smallest absolute Gasteiger partial charge is 0.241 e. The van der Waals surface area contributed by atoms with Crippen molar-refractivity contribution in [2.24, 2.45) is 0 Å². The zero-order valence-corrected chi connectivity index (χ0v) is 17.3. The van der Waals surface area contributed by atoms with Gasteiger partial charge >= 0.3 is 0 Å². The Morgan fingerprint density at radius 1 is 1.07 bits per heavy atom. The van der Waals surface area contributed by atoms with Crippen LogP contribution in [0, 0.1) is 13.8 Å². The van der Waals surface area contributed by atoms with Gasteiger partial charge in [-0.05, 0) is 68.0 Å². The van der Waals surface area contributed by atoms with Crippen molar-refractivity contribution in [3.63, 3.8) is 0 Å². The van der Waals surface area contributed by atoms with E-state index < -0.39 is 10.0 Å². The first-order chi connectivity index (χ1) is 13.4. The summed E-state index contributed by atoms with van der Waals surface area (Å²) >= 11 is 0. The average Bonchev–Trinajstić information content (AvgIpc) is 3.37. The maximum absolute atomic E-state index is 12.8. The fourth-order valence-corrected chi connectivity index (χ4v) is 5.25. The SMILES string of the molecule is Cc1ccc(C)c(S(=O)(=O)NC2CCN(Cc3ccc(OC4CC4)cc3)C2)c1. The monoisotopic (exact) mass is 400 g/mol. The summed E-state index contributed by atoms with van der Waals surface area (Å²) in [4.78, 5) is 2.68. The molecule has 150 valence electrons. The highest BCUT2D eigenvalue weighted by atomic mass is 32.2. The molecule has 2 aliphatic rings. The number of hydrogen-bond donors (Lipinski definition) is 1. The Morgan fingerprint density at radius 3 is 2.54 bits per heavy atom. The number of likely N-dealkylation sites (tertiary alicyclic amines) is 1. The molecule has 4 rings (SSSR count). The summed E-state index contributed by atoms with van der Waals surface area (Å²) in [5.74, 6) is 0.937. The molecule has 1 unspecified atom stereocenters. The van der Waals surface area contributed by atoms with Gasteiger partial charge in [-0.2, -0.15) is 0 Å². The van der Waals surface area contributed by atoms with Gasteiger partial charge in [-0.25, -0.2) is 13.1 Å². The Morgan fingerprint density at radius 2 is 1.82 bits per heavy atom. The zero-order chi connectivity index (χ0) is 19.7. The molecule has 2 fully saturated rings. The van der Waals surface area contributed by atoms with Gasteiger partial charge in [-0.3, -0.25) is 4.90 Å². The number of aryl methyl sites for hydroxylation is 2. The normalized spacial score (nSPS) is 20.4. The number of benzene rings is 2. The molecule has 1 N–H and O–H groups in total. The van der Waals surface area contributed by atoms with Crippen molar-refractivity contribution in [2.45, 2.75) is 56.7 Å². The van der Waals surface area contributed by atoms with Gasteiger partial charge in [-0.15, -0.1) is 0 Å². The van der Waals surface area contributed by atoms with Crippen LogP contribution in [-0.4, -0.2) is 38.6 Å². The van der Waals surface area contributed by atoms with Crippen LogP contribution in [-0.2, 0) is 16.6 Å². The van der Waals surface area contributed by atoms with Crippen LogP contribution in [0.4, 0.5) is 0 Å². The molecule has 1 heterocycles. The Kier molecular flexibility index (Phi) is 5.45.